The smallest absolute Gasteiger partial charge is 0.223 e. The Morgan fingerprint density at radius 3 is 2.84 bits per heavy atom. The summed E-state index contributed by atoms with van der Waals surface area (Å²) in [6.07, 6.45) is 6.71. The first-order valence-corrected chi connectivity index (χ1v) is 6.16. The Morgan fingerprint density at radius 1 is 1.42 bits per heavy atom. The molecule has 0 unspecified atom stereocenters. The lowest BCUT2D eigenvalue weighted by atomic mass is 10.1. The number of rotatable bonds is 4. The molecule has 100 valence electrons. The van der Waals surface area contributed by atoms with Crippen molar-refractivity contribution in [2.45, 2.75) is 25.4 Å². The highest BCUT2D eigenvalue weighted by atomic mass is 16.5. The van der Waals surface area contributed by atoms with E-state index in [2.05, 4.69) is 5.92 Å². The van der Waals surface area contributed by atoms with Gasteiger partial charge in [-0.3, -0.25) is 4.79 Å². The monoisotopic (exact) mass is 259 g/mol. The zero-order valence-corrected chi connectivity index (χ0v) is 11.2. The summed E-state index contributed by atoms with van der Waals surface area (Å²) < 4.78 is 10.5. The molecule has 1 aromatic carbocycles. The third kappa shape index (κ3) is 2.65. The standard InChI is InChI=1S/C15H17NO3/c1-4-12-6-8-15(17)16(12)10-11-5-7-13(18-2)9-14(11)19-3/h1,5,7,9,12H,6,8,10H2,2-3H3/t12-/m0/s1. The van der Waals surface area contributed by atoms with Gasteiger partial charge in [0, 0.05) is 18.1 Å². The summed E-state index contributed by atoms with van der Waals surface area (Å²) in [6, 6.07) is 5.44. The average Bonchev–Trinajstić information content (AvgIpc) is 2.80. The van der Waals surface area contributed by atoms with E-state index >= 15 is 0 Å². The molecule has 0 radical (unpaired) electrons. The number of carbonyl (C=O) groups is 1. The predicted octanol–water partition coefficient (Wildman–Crippen LogP) is 1.83. The van der Waals surface area contributed by atoms with Crippen LogP contribution in [0.25, 0.3) is 0 Å². The fourth-order valence-corrected chi connectivity index (χ4v) is 2.27. The molecular weight excluding hydrogens is 242 g/mol. The number of benzene rings is 1. The van der Waals surface area contributed by atoms with Crippen LogP contribution in [-0.2, 0) is 11.3 Å². The van der Waals surface area contributed by atoms with Gasteiger partial charge in [0.15, 0.2) is 0 Å². The largest absolute Gasteiger partial charge is 0.497 e. The third-order valence-corrected chi connectivity index (χ3v) is 3.36. The highest BCUT2D eigenvalue weighted by Crippen LogP contribution is 2.28. The van der Waals surface area contributed by atoms with Crippen molar-refractivity contribution in [2.75, 3.05) is 14.2 Å². The maximum absolute atomic E-state index is 11.8. The first-order valence-electron chi connectivity index (χ1n) is 6.16. The van der Waals surface area contributed by atoms with Crippen LogP contribution >= 0.6 is 0 Å². The topological polar surface area (TPSA) is 38.8 Å². The van der Waals surface area contributed by atoms with Crippen LogP contribution in [0.5, 0.6) is 11.5 Å². The van der Waals surface area contributed by atoms with Crippen LogP contribution in [0.15, 0.2) is 18.2 Å². The Labute approximate surface area is 113 Å². The number of hydrogen-bond acceptors (Lipinski definition) is 3. The van der Waals surface area contributed by atoms with Crippen molar-refractivity contribution in [3.8, 4) is 23.8 Å². The van der Waals surface area contributed by atoms with E-state index in [0.717, 1.165) is 17.7 Å². The van der Waals surface area contributed by atoms with Crippen molar-refractivity contribution in [3.05, 3.63) is 23.8 Å². The first kappa shape index (κ1) is 13.3. The second kappa shape index (κ2) is 5.66. The van der Waals surface area contributed by atoms with E-state index in [1.54, 1.807) is 25.2 Å². The number of hydrogen-bond donors (Lipinski definition) is 0. The van der Waals surface area contributed by atoms with Crippen LogP contribution < -0.4 is 9.47 Å². The zero-order valence-electron chi connectivity index (χ0n) is 11.2. The van der Waals surface area contributed by atoms with Crippen molar-refractivity contribution < 1.29 is 14.3 Å². The van der Waals surface area contributed by atoms with Crippen molar-refractivity contribution in [1.29, 1.82) is 0 Å². The molecule has 0 aromatic heterocycles. The second-order valence-electron chi connectivity index (χ2n) is 4.42. The summed E-state index contributed by atoms with van der Waals surface area (Å²) in [5, 5.41) is 0. The van der Waals surface area contributed by atoms with Crippen molar-refractivity contribution in [2.24, 2.45) is 0 Å². The van der Waals surface area contributed by atoms with Gasteiger partial charge < -0.3 is 14.4 Å². The minimum atomic E-state index is -0.112. The molecule has 2 rings (SSSR count). The molecule has 1 heterocycles. The van der Waals surface area contributed by atoms with Crippen LogP contribution in [0.2, 0.25) is 0 Å². The summed E-state index contributed by atoms with van der Waals surface area (Å²) >= 11 is 0. The van der Waals surface area contributed by atoms with Crippen molar-refractivity contribution in [1.82, 2.24) is 4.90 Å². The minimum Gasteiger partial charge on any atom is -0.497 e. The normalized spacial score (nSPS) is 18.3. The van der Waals surface area contributed by atoms with Crippen LogP contribution in [0.4, 0.5) is 0 Å². The third-order valence-electron chi connectivity index (χ3n) is 3.36. The molecule has 0 bridgehead atoms. The predicted molar refractivity (Wildman–Crippen MR) is 72.0 cm³/mol. The zero-order chi connectivity index (χ0) is 13.8. The van der Waals surface area contributed by atoms with Gasteiger partial charge in [0.25, 0.3) is 0 Å². The number of carbonyl (C=O) groups excluding carboxylic acids is 1. The lowest BCUT2D eigenvalue weighted by Gasteiger charge is -2.22. The quantitative estimate of drug-likeness (QED) is 0.774. The number of amides is 1. The Balaban J connectivity index is 2.23. The van der Waals surface area contributed by atoms with E-state index in [0.29, 0.717) is 18.7 Å². The molecule has 1 saturated heterocycles. The molecule has 1 amide bonds. The van der Waals surface area contributed by atoms with E-state index in [-0.39, 0.29) is 11.9 Å². The van der Waals surface area contributed by atoms with Crippen molar-refractivity contribution >= 4 is 5.91 Å². The van der Waals surface area contributed by atoms with Gasteiger partial charge in [-0.1, -0.05) is 5.92 Å². The van der Waals surface area contributed by atoms with Crippen LogP contribution in [-0.4, -0.2) is 31.1 Å². The maximum atomic E-state index is 11.8. The van der Waals surface area contributed by atoms with Gasteiger partial charge in [0.2, 0.25) is 5.91 Å². The van der Waals surface area contributed by atoms with Crippen LogP contribution in [0, 0.1) is 12.3 Å². The summed E-state index contributed by atoms with van der Waals surface area (Å²) in [5.41, 5.74) is 0.929. The van der Waals surface area contributed by atoms with Gasteiger partial charge in [-0.15, -0.1) is 6.42 Å². The highest BCUT2D eigenvalue weighted by Gasteiger charge is 2.29. The Kier molecular flexibility index (Phi) is 3.96. The van der Waals surface area contributed by atoms with Gasteiger partial charge in [0.05, 0.1) is 26.8 Å². The molecule has 0 saturated carbocycles. The number of ether oxygens (including phenoxy) is 2. The molecule has 1 aromatic rings. The highest BCUT2D eigenvalue weighted by molar-refractivity contribution is 5.79. The molecule has 1 aliphatic heterocycles. The molecule has 4 nitrogen and oxygen atoms in total. The molecule has 0 N–H and O–H groups in total. The number of nitrogens with zero attached hydrogens (tertiary/aromatic N) is 1. The lowest BCUT2D eigenvalue weighted by molar-refractivity contribution is -0.128. The summed E-state index contributed by atoms with van der Waals surface area (Å²) in [5.74, 6) is 4.19. The van der Waals surface area contributed by atoms with Gasteiger partial charge in [-0.05, 0) is 18.6 Å². The van der Waals surface area contributed by atoms with E-state index < -0.39 is 0 Å². The molecule has 1 aliphatic rings. The van der Waals surface area contributed by atoms with E-state index in [9.17, 15) is 4.79 Å². The molecule has 0 aliphatic carbocycles. The average molecular weight is 259 g/mol. The van der Waals surface area contributed by atoms with E-state index in [4.69, 9.17) is 15.9 Å². The van der Waals surface area contributed by atoms with Gasteiger partial charge in [-0.2, -0.15) is 0 Å². The van der Waals surface area contributed by atoms with Crippen LogP contribution in [0.3, 0.4) is 0 Å². The fraction of sp³-hybridized carbons (Fsp3) is 0.400. The SMILES string of the molecule is C#C[C@H]1CCC(=O)N1Cc1ccc(OC)cc1OC. The fourth-order valence-electron chi connectivity index (χ4n) is 2.27. The molecule has 0 spiro atoms. The molecule has 1 fully saturated rings. The summed E-state index contributed by atoms with van der Waals surface area (Å²) in [7, 11) is 3.20. The number of terminal acetylenes is 1. The van der Waals surface area contributed by atoms with Gasteiger partial charge in [-0.25, -0.2) is 0 Å². The molecule has 1 atom stereocenters. The summed E-state index contributed by atoms with van der Waals surface area (Å²) in [4.78, 5) is 13.6. The van der Waals surface area contributed by atoms with Gasteiger partial charge in [0.1, 0.15) is 11.5 Å². The van der Waals surface area contributed by atoms with E-state index in [1.165, 1.54) is 0 Å². The van der Waals surface area contributed by atoms with Gasteiger partial charge >= 0.3 is 0 Å². The van der Waals surface area contributed by atoms with Crippen LogP contribution in [0.1, 0.15) is 18.4 Å². The molecular formula is C15H17NO3. The van der Waals surface area contributed by atoms with Crippen molar-refractivity contribution in [3.63, 3.8) is 0 Å². The summed E-state index contributed by atoms with van der Waals surface area (Å²) in [6.45, 7) is 0.473. The molecule has 19 heavy (non-hydrogen) atoms. The minimum absolute atomic E-state index is 0.0980. The Hall–Kier alpha value is -2.15. The second-order valence-corrected chi connectivity index (χ2v) is 4.42. The lowest BCUT2D eigenvalue weighted by Crippen LogP contribution is -2.31. The maximum Gasteiger partial charge on any atom is 0.223 e. The molecule has 4 heteroatoms. The first-order chi connectivity index (χ1) is 9.19. The number of likely N-dealkylation sites (tertiary alicyclic amines) is 1. The van der Waals surface area contributed by atoms with E-state index in [1.807, 2.05) is 12.1 Å². The Bertz CT molecular complexity index is 519. The number of methoxy groups -OCH3 is 2. The Morgan fingerprint density at radius 2 is 2.21 bits per heavy atom.